The Labute approximate surface area is 69.6 Å². The Morgan fingerprint density at radius 2 is 2.00 bits per heavy atom. The summed E-state index contributed by atoms with van der Waals surface area (Å²) in [6.07, 6.45) is 1.66. The second-order valence-corrected chi connectivity index (χ2v) is 5.22. The number of aryl methyl sites for hydroxylation is 1. The zero-order valence-electron chi connectivity index (χ0n) is 6.83. The first-order valence-corrected chi connectivity index (χ1v) is 5.53. The van der Waals surface area contributed by atoms with Crippen LogP contribution in [0.2, 0.25) is 0 Å². The van der Waals surface area contributed by atoms with E-state index in [1.54, 1.807) is 6.26 Å². The molecule has 0 aliphatic heterocycles. The van der Waals surface area contributed by atoms with Gasteiger partial charge in [-0.3, -0.25) is 4.21 Å². The lowest BCUT2D eigenvalue weighted by Gasteiger charge is -2.05. The highest BCUT2D eigenvalue weighted by Crippen LogP contribution is 2.12. The molecule has 2 heteroatoms. The third-order valence-electron chi connectivity index (χ3n) is 1.56. The zero-order chi connectivity index (χ0) is 8.48. The minimum atomic E-state index is -2.03. The van der Waals surface area contributed by atoms with E-state index in [1.807, 2.05) is 31.2 Å². The molecule has 1 rings (SSSR count). The molecule has 0 fully saturated rings. The molecule has 11 heavy (non-hydrogen) atoms. The minimum Gasteiger partial charge on any atom is -0.263 e. The first kappa shape index (κ1) is 8.34. The van der Waals surface area contributed by atoms with E-state index in [4.69, 9.17) is 0 Å². The Hall–Kier alpha value is -0.760. The largest absolute Gasteiger partial charge is 0.263 e. The minimum absolute atomic E-state index is 0. The lowest BCUT2D eigenvalue weighted by atomic mass is 10.2. The highest BCUT2D eigenvalue weighted by molar-refractivity contribution is 7.99. The summed E-state index contributed by atoms with van der Waals surface area (Å²) >= 11 is 0. The Bertz CT molecular complexity index is 355. The van der Waals surface area contributed by atoms with E-state index >= 15 is 0 Å². The number of hydrogen-bond acceptors (Lipinski definition) is 1. The van der Waals surface area contributed by atoms with Crippen LogP contribution in [0.1, 0.15) is 6.99 Å². The molecule has 1 aromatic carbocycles. The van der Waals surface area contributed by atoms with Crippen molar-refractivity contribution in [1.82, 2.24) is 0 Å². The van der Waals surface area contributed by atoms with Crippen LogP contribution in [-0.2, 0) is 9.52 Å². The summed E-state index contributed by atoms with van der Waals surface area (Å²) in [5.74, 6) is 3.63. The van der Waals surface area contributed by atoms with Crippen molar-refractivity contribution in [2.24, 2.45) is 0 Å². The van der Waals surface area contributed by atoms with Gasteiger partial charge in [-0.1, -0.05) is 18.2 Å². The zero-order valence-corrected chi connectivity index (χ0v) is 7.65. The first-order chi connectivity index (χ1) is 5.02. The first-order valence-electron chi connectivity index (χ1n) is 3.40. The van der Waals surface area contributed by atoms with Crippen LogP contribution in [0.3, 0.4) is 0 Å². The van der Waals surface area contributed by atoms with Gasteiger partial charge in [0.25, 0.3) is 0 Å². The maximum atomic E-state index is 11.5. The van der Waals surface area contributed by atoms with Crippen molar-refractivity contribution >= 4 is 15.4 Å². The second-order valence-electron chi connectivity index (χ2n) is 2.77. The fraction of sp³-hybridized carbons (Fsp3) is 0.222. The number of hydrogen-bond donors (Lipinski definition) is 0. The Morgan fingerprint density at radius 1 is 1.45 bits per heavy atom. The molecule has 0 bridgehead atoms. The SMILES string of the molecule is C=S(C)(=O)c1ccccc1C.[HH]. The van der Waals surface area contributed by atoms with Crippen molar-refractivity contribution in [2.45, 2.75) is 11.8 Å². The van der Waals surface area contributed by atoms with Crippen LogP contribution in [0.25, 0.3) is 0 Å². The summed E-state index contributed by atoms with van der Waals surface area (Å²) in [6, 6.07) is 7.63. The van der Waals surface area contributed by atoms with Gasteiger partial charge in [-0.05, 0) is 33.9 Å². The molecule has 1 atom stereocenters. The van der Waals surface area contributed by atoms with Crippen LogP contribution >= 0.6 is 0 Å². The molecule has 62 valence electrons. The molecule has 0 saturated heterocycles. The van der Waals surface area contributed by atoms with E-state index in [0.717, 1.165) is 10.5 Å². The number of rotatable bonds is 1. The van der Waals surface area contributed by atoms with E-state index in [9.17, 15) is 4.21 Å². The van der Waals surface area contributed by atoms with Gasteiger partial charge in [0.2, 0.25) is 0 Å². The Balaban J connectivity index is 0.00000121. The van der Waals surface area contributed by atoms with Crippen molar-refractivity contribution in [2.75, 3.05) is 6.26 Å². The van der Waals surface area contributed by atoms with Crippen molar-refractivity contribution in [3.8, 4) is 0 Å². The molecule has 1 nitrogen and oxygen atoms in total. The predicted octanol–water partition coefficient (Wildman–Crippen LogP) is 1.95. The molecule has 0 spiro atoms. The molecule has 0 radical (unpaired) electrons. The second kappa shape index (κ2) is 2.70. The summed E-state index contributed by atoms with van der Waals surface area (Å²) in [6.45, 7) is 1.95. The van der Waals surface area contributed by atoms with Crippen molar-refractivity contribution in [3.63, 3.8) is 0 Å². The van der Waals surface area contributed by atoms with Crippen LogP contribution in [0.4, 0.5) is 0 Å². The summed E-state index contributed by atoms with van der Waals surface area (Å²) < 4.78 is 11.5. The van der Waals surface area contributed by atoms with Gasteiger partial charge >= 0.3 is 0 Å². The van der Waals surface area contributed by atoms with Crippen LogP contribution in [0, 0.1) is 6.92 Å². The maximum absolute atomic E-state index is 11.5. The Morgan fingerprint density at radius 3 is 2.36 bits per heavy atom. The van der Waals surface area contributed by atoms with E-state index in [1.165, 1.54) is 0 Å². The topological polar surface area (TPSA) is 17.1 Å². The summed E-state index contributed by atoms with van der Waals surface area (Å²) in [5.41, 5.74) is 1.05. The van der Waals surface area contributed by atoms with Gasteiger partial charge < -0.3 is 0 Å². The predicted molar refractivity (Wildman–Crippen MR) is 52.7 cm³/mol. The molecular formula is C9H14OS. The van der Waals surface area contributed by atoms with Crippen LogP contribution in [-0.4, -0.2) is 16.3 Å². The molecule has 0 heterocycles. The molecule has 0 aliphatic rings. The van der Waals surface area contributed by atoms with Crippen LogP contribution in [0.15, 0.2) is 29.2 Å². The van der Waals surface area contributed by atoms with Gasteiger partial charge in [0.05, 0.1) is 0 Å². The quantitative estimate of drug-likeness (QED) is 0.589. The third-order valence-corrected chi connectivity index (χ3v) is 2.95. The van der Waals surface area contributed by atoms with Crippen LogP contribution < -0.4 is 0 Å². The lowest BCUT2D eigenvalue weighted by molar-refractivity contribution is 0.684. The fourth-order valence-electron chi connectivity index (χ4n) is 1.04. The van der Waals surface area contributed by atoms with E-state index in [-0.39, 0.29) is 1.43 Å². The standard InChI is InChI=1S/C9H12OS.H2/c1-8-6-4-5-7-9(8)11(2,3)10;/h4-7H,2H2,1,3H3;1H. The van der Waals surface area contributed by atoms with Crippen LogP contribution in [0.5, 0.6) is 0 Å². The van der Waals surface area contributed by atoms with E-state index in [2.05, 4.69) is 5.87 Å². The van der Waals surface area contributed by atoms with Crippen molar-refractivity contribution < 1.29 is 5.64 Å². The van der Waals surface area contributed by atoms with Crippen molar-refractivity contribution in [3.05, 3.63) is 29.8 Å². The molecule has 0 aromatic heterocycles. The van der Waals surface area contributed by atoms with E-state index in [0.29, 0.717) is 0 Å². The molecule has 1 aromatic rings. The van der Waals surface area contributed by atoms with Gasteiger partial charge in [0.1, 0.15) is 0 Å². The van der Waals surface area contributed by atoms with E-state index < -0.39 is 9.52 Å². The smallest absolute Gasteiger partial charge is 0.0331 e. The lowest BCUT2D eigenvalue weighted by Crippen LogP contribution is -1.98. The third kappa shape index (κ3) is 1.84. The normalized spacial score (nSPS) is 15.8. The summed E-state index contributed by atoms with van der Waals surface area (Å²) in [7, 11) is -2.03. The summed E-state index contributed by atoms with van der Waals surface area (Å²) in [4.78, 5) is 0.861. The van der Waals surface area contributed by atoms with Crippen molar-refractivity contribution in [1.29, 1.82) is 0 Å². The monoisotopic (exact) mass is 170 g/mol. The van der Waals surface area contributed by atoms with Gasteiger partial charge in [-0.25, -0.2) is 0 Å². The van der Waals surface area contributed by atoms with Gasteiger partial charge in [0, 0.05) is 12.6 Å². The highest BCUT2D eigenvalue weighted by atomic mass is 32.2. The summed E-state index contributed by atoms with van der Waals surface area (Å²) in [5, 5.41) is 0. The molecule has 0 N–H and O–H groups in total. The Kier molecular flexibility index (Phi) is 2.05. The molecule has 0 aliphatic carbocycles. The maximum Gasteiger partial charge on any atom is 0.0331 e. The average Bonchev–Trinajstić information content (AvgIpc) is 1.86. The molecule has 0 amide bonds. The highest BCUT2D eigenvalue weighted by Gasteiger charge is 2.02. The molecule has 0 saturated carbocycles. The van der Waals surface area contributed by atoms with Gasteiger partial charge in [-0.15, -0.1) is 0 Å². The molecular weight excluding hydrogens is 156 g/mol. The van der Waals surface area contributed by atoms with Gasteiger partial charge in [-0.2, -0.15) is 0 Å². The number of benzene rings is 1. The van der Waals surface area contributed by atoms with Gasteiger partial charge in [0.15, 0.2) is 0 Å². The average molecular weight is 170 g/mol. The molecule has 1 unspecified atom stereocenters. The fourth-order valence-corrected chi connectivity index (χ4v) is 2.16.